The van der Waals surface area contributed by atoms with E-state index in [9.17, 15) is 4.39 Å². The van der Waals surface area contributed by atoms with Crippen molar-refractivity contribution in [2.45, 2.75) is 25.4 Å². The molecule has 0 aliphatic heterocycles. The van der Waals surface area contributed by atoms with Gasteiger partial charge in [-0.3, -0.25) is 0 Å². The van der Waals surface area contributed by atoms with E-state index in [4.69, 9.17) is 16.3 Å². The van der Waals surface area contributed by atoms with Crippen molar-refractivity contribution in [3.63, 3.8) is 0 Å². The summed E-state index contributed by atoms with van der Waals surface area (Å²) in [5.74, 6) is 0.746. The van der Waals surface area contributed by atoms with Gasteiger partial charge < -0.3 is 10.1 Å². The molecule has 0 heterocycles. The maximum absolute atomic E-state index is 13.6. The average molecular weight is 371 g/mol. The van der Waals surface area contributed by atoms with Gasteiger partial charge in [0.1, 0.15) is 17.3 Å². The Balaban J connectivity index is 1.82. The van der Waals surface area contributed by atoms with Crippen LogP contribution in [0.4, 0.5) is 4.39 Å². The first-order valence-corrected chi connectivity index (χ1v) is 7.94. The summed E-state index contributed by atoms with van der Waals surface area (Å²) in [6.07, 6.45) is 2.41. The molecule has 0 unspecified atom stereocenters. The smallest absolute Gasteiger partial charge is 0.141 e. The molecule has 3 rings (SSSR count). The summed E-state index contributed by atoms with van der Waals surface area (Å²) in [6, 6.07) is 10.8. The van der Waals surface area contributed by atoms with Gasteiger partial charge in [0, 0.05) is 29.2 Å². The molecule has 1 fully saturated rings. The first-order chi connectivity index (χ1) is 10.1. The van der Waals surface area contributed by atoms with E-state index in [-0.39, 0.29) is 5.82 Å². The van der Waals surface area contributed by atoms with Crippen LogP contribution in [-0.4, -0.2) is 6.04 Å². The predicted octanol–water partition coefficient (Wildman–Crippen LogP) is 5.29. The second-order valence-electron chi connectivity index (χ2n) is 5.05. The van der Waals surface area contributed by atoms with Crippen LogP contribution in [0.3, 0.4) is 0 Å². The second-order valence-corrected chi connectivity index (χ2v) is 6.31. The van der Waals surface area contributed by atoms with Crippen molar-refractivity contribution in [1.29, 1.82) is 0 Å². The molecule has 110 valence electrons. The van der Waals surface area contributed by atoms with Crippen molar-refractivity contribution < 1.29 is 9.13 Å². The third-order valence-corrected chi connectivity index (χ3v) is 4.34. The van der Waals surface area contributed by atoms with Crippen LogP contribution in [0.25, 0.3) is 0 Å². The second kappa shape index (κ2) is 6.34. The minimum absolute atomic E-state index is 0.354. The highest BCUT2D eigenvalue weighted by atomic mass is 79.9. The fraction of sp³-hybridized carbons (Fsp3) is 0.250. The summed E-state index contributed by atoms with van der Waals surface area (Å²) < 4.78 is 19.8. The van der Waals surface area contributed by atoms with Crippen LogP contribution < -0.4 is 10.1 Å². The van der Waals surface area contributed by atoms with Crippen molar-refractivity contribution in [3.05, 3.63) is 57.3 Å². The number of rotatable bonds is 5. The van der Waals surface area contributed by atoms with Crippen LogP contribution in [0.1, 0.15) is 18.4 Å². The van der Waals surface area contributed by atoms with Crippen LogP contribution in [0.15, 0.2) is 40.9 Å². The predicted molar refractivity (Wildman–Crippen MR) is 85.5 cm³/mol. The molecule has 0 atom stereocenters. The third kappa shape index (κ3) is 3.76. The van der Waals surface area contributed by atoms with Crippen molar-refractivity contribution in [2.24, 2.45) is 0 Å². The lowest BCUT2D eigenvalue weighted by molar-refractivity contribution is 0.467. The lowest BCUT2D eigenvalue weighted by atomic mass is 10.2. The van der Waals surface area contributed by atoms with Gasteiger partial charge in [-0.1, -0.05) is 17.7 Å². The third-order valence-electron chi connectivity index (χ3n) is 3.34. The Kier molecular flexibility index (Phi) is 4.48. The topological polar surface area (TPSA) is 21.3 Å². The molecule has 1 saturated carbocycles. The lowest BCUT2D eigenvalue weighted by Crippen LogP contribution is -2.16. The van der Waals surface area contributed by atoms with Gasteiger partial charge in [0.25, 0.3) is 0 Å². The van der Waals surface area contributed by atoms with E-state index in [1.165, 1.54) is 18.9 Å². The summed E-state index contributed by atoms with van der Waals surface area (Å²) in [5.41, 5.74) is 0.898. The molecule has 0 amide bonds. The van der Waals surface area contributed by atoms with Gasteiger partial charge in [-0.2, -0.15) is 0 Å². The minimum Gasteiger partial charge on any atom is -0.457 e. The molecule has 1 N–H and O–H groups in total. The molecule has 0 radical (unpaired) electrons. The number of ether oxygens (including phenoxy) is 1. The van der Waals surface area contributed by atoms with Gasteiger partial charge in [-0.05, 0) is 53.0 Å². The van der Waals surface area contributed by atoms with Gasteiger partial charge in [0.15, 0.2) is 0 Å². The first kappa shape index (κ1) is 14.8. The van der Waals surface area contributed by atoms with Crippen molar-refractivity contribution in [2.75, 3.05) is 0 Å². The Hall–Kier alpha value is -1.10. The molecule has 21 heavy (non-hydrogen) atoms. The maximum Gasteiger partial charge on any atom is 0.141 e. The van der Waals surface area contributed by atoms with Crippen LogP contribution in [0.5, 0.6) is 11.5 Å². The minimum atomic E-state index is -0.354. The Morgan fingerprint density at radius 2 is 2.10 bits per heavy atom. The highest BCUT2D eigenvalue weighted by molar-refractivity contribution is 9.10. The SMILES string of the molecule is Fc1cc(Oc2cccc(Cl)c2CNC2CC2)ccc1Br. The molecule has 2 nitrogen and oxygen atoms in total. The molecule has 0 spiro atoms. The van der Waals surface area contributed by atoms with Crippen molar-refractivity contribution >= 4 is 27.5 Å². The summed E-state index contributed by atoms with van der Waals surface area (Å²) in [7, 11) is 0. The number of hydrogen-bond acceptors (Lipinski definition) is 2. The van der Waals surface area contributed by atoms with Gasteiger partial charge in [-0.25, -0.2) is 4.39 Å². The summed E-state index contributed by atoms with van der Waals surface area (Å²) in [5, 5.41) is 4.07. The van der Waals surface area contributed by atoms with Crippen LogP contribution in [0, 0.1) is 5.82 Å². The highest BCUT2D eigenvalue weighted by Gasteiger charge is 2.21. The monoisotopic (exact) mass is 369 g/mol. The molecule has 0 bridgehead atoms. The molecule has 0 aromatic heterocycles. The maximum atomic E-state index is 13.6. The average Bonchev–Trinajstić information content (AvgIpc) is 3.26. The Morgan fingerprint density at radius 3 is 2.81 bits per heavy atom. The Morgan fingerprint density at radius 1 is 1.29 bits per heavy atom. The quantitative estimate of drug-likeness (QED) is 0.772. The molecule has 2 aromatic rings. The zero-order valence-corrected chi connectivity index (χ0v) is 13.5. The summed E-state index contributed by atoms with van der Waals surface area (Å²) in [4.78, 5) is 0. The van der Waals surface area contributed by atoms with Crippen LogP contribution >= 0.6 is 27.5 Å². The molecular formula is C16H14BrClFNO. The molecule has 1 aliphatic rings. The zero-order valence-electron chi connectivity index (χ0n) is 11.2. The van der Waals surface area contributed by atoms with E-state index >= 15 is 0 Å². The van der Waals surface area contributed by atoms with E-state index in [2.05, 4.69) is 21.2 Å². The number of hydrogen-bond donors (Lipinski definition) is 1. The van der Waals surface area contributed by atoms with Gasteiger partial charge >= 0.3 is 0 Å². The lowest BCUT2D eigenvalue weighted by Gasteiger charge is -2.13. The van der Waals surface area contributed by atoms with E-state index in [1.54, 1.807) is 12.1 Å². The molecule has 1 aliphatic carbocycles. The largest absolute Gasteiger partial charge is 0.457 e. The van der Waals surface area contributed by atoms with Crippen LogP contribution in [-0.2, 0) is 6.54 Å². The molecule has 5 heteroatoms. The first-order valence-electron chi connectivity index (χ1n) is 6.77. The Bertz CT molecular complexity index is 661. The fourth-order valence-electron chi connectivity index (χ4n) is 2.01. The van der Waals surface area contributed by atoms with E-state index < -0.39 is 0 Å². The van der Waals surface area contributed by atoms with Crippen molar-refractivity contribution in [1.82, 2.24) is 5.32 Å². The highest BCUT2D eigenvalue weighted by Crippen LogP contribution is 2.32. The van der Waals surface area contributed by atoms with E-state index in [1.807, 2.05) is 18.2 Å². The zero-order chi connectivity index (χ0) is 14.8. The normalized spacial score (nSPS) is 14.2. The van der Waals surface area contributed by atoms with Gasteiger partial charge in [0.2, 0.25) is 0 Å². The molecule has 2 aromatic carbocycles. The van der Waals surface area contributed by atoms with Crippen molar-refractivity contribution in [3.8, 4) is 11.5 Å². The number of halogens is 3. The summed E-state index contributed by atoms with van der Waals surface area (Å²) in [6.45, 7) is 0.651. The number of benzene rings is 2. The fourth-order valence-corrected chi connectivity index (χ4v) is 2.49. The molecular weight excluding hydrogens is 357 g/mol. The Labute approximate surface area is 136 Å². The summed E-state index contributed by atoms with van der Waals surface area (Å²) >= 11 is 9.38. The standard InChI is InChI=1S/C16H14BrClFNO/c17-13-7-6-11(8-15(13)19)21-16-3-1-2-14(18)12(16)9-20-10-4-5-10/h1-3,6-8,10,20H,4-5,9H2. The van der Waals surface area contributed by atoms with E-state index in [0.717, 1.165) is 5.56 Å². The number of nitrogens with one attached hydrogen (secondary N) is 1. The van der Waals surface area contributed by atoms with Gasteiger partial charge in [0.05, 0.1) is 4.47 Å². The van der Waals surface area contributed by atoms with E-state index in [0.29, 0.717) is 33.6 Å². The van der Waals surface area contributed by atoms with Gasteiger partial charge in [-0.15, -0.1) is 0 Å². The van der Waals surface area contributed by atoms with Crippen LogP contribution in [0.2, 0.25) is 5.02 Å². The molecule has 0 saturated heterocycles.